The van der Waals surface area contributed by atoms with Gasteiger partial charge in [-0.15, -0.1) is 0 Å². The van der Waals surface area contributed by atoms with E-state index in [9.17, 15) is 9.18 Å². The molecule has 4 nitrogen and oxygen atoms in total. The molecule has 2 atom stereocenters. The fourth-order valence-corrected chi connectivity index (χ4v) is 3.62. The van der Waals surface area contributed by atoms with Gasteiger partial charge in [0.15, 0.2) is 0 Å². The van der Waals surface area contributed by atoms with Crippen LogP contribution in [0, 0.1) is 19.7 Å². The minimum Gasteiger partial charge on any atom is -0.361 e. The first kappa shape index (κ1) is 16.7. The molecule has 0 N–H and O–H groups in total. The fourth-order valence-electron chi connectivity index (χ4n) is 3.62. The average Bonchev–Trinajstić information content (AvgIpc) is 3.09. The van der Waals surface area contributed by atoms with Gasteiger partial charge in [-0.2, -0.15) is 0 Å². The van der Waals surface area contributed by atoms with Crippen molar-refractivity contribution in [2.75, 3.05) is 0 Å². The molecule has 5 heteroatoms. The normalized spacial score (nSPS) is 20.6. The SMILES string of the molecule is Cc1noc(C)c1C(=O)N1[C@@H](CCc2ccc(F)cc2)CC[C@H]1C. The van der Waals surface area contributed by atoms with E-state index in [1.54, 1.807) is 13.8 Å². The maximum Gasteiger partial charge on any atom is 0.259 e. The molecule has 1 fully saturated rings. The minimum atomic E-state index is -0.219. The summed E-state index contributed by atoms with van der Waals surface area (Å²) < 4.78 is 18.2. The van der Waals surface area contributed by atoms with Gasteiger partial charge < -0.3 is 9.42 Å². The van der Waals surface area contributed by atoms with Gasteiger partial charge in [0.25, 0.3) is 5.91 Å². The highest BCUT2D eigenvalue weighted by molar-refractivity contribution is 5.96. The van der Waals surface area contributed by atoms with E-state index in [-0.39, 0.29) is 23.8 Å². The number of aromatic nitrogens is 1. The van der Waals surface area contributed by atoms with Crippen molar-refractivity contribution < 1.29 is 13.7 Å². The summed E-state index contributed by atoms with van der Waals surface area (Å²) >= 11 is 0. The molecule has 128 valence electrons. The molecule has 1 aliphatic rings. The van der Waals surface area contributed by atoms with Crippen molar-refractivity contribution in [2.45, 2.75) is 58.5 Å². The van der Waals surface area contributed by atoms with Gasteiger partial charge in [-0.25, -0.2) is 4.39 Å². The zero-order chi connectivity index (χ0) is 17.3. The standard InChI is InChI=1S/C19H23FN2O2/c1-12-4-10-17(11-7-15-5-8-16(20)9-6-15)22(12)19(23)18-13(2)21-24-14(18)3/h5-6,8-9,12,17H,4,7,10-11H2,1-3H3/t12-,17-/m1/s1. The average molecular weight is 330 g/mol. The molecule has 3 rings (SSSR count). The lowest BCUT2D eigenvalue weighted by atomic mass is 10.0. The first-order chi connectivity index (χ1) is 11.5. The molecule has 0 spiro atoms. The summed E-state index contributed by atoms with van der Waals surface area (Å²) in [4.78, 5) is 15.0. The third-order valence-electron chi connectivity index (χ3n) is 4.95. The van der Waals surface area contributed by atoms with Gasteiger partial charge in [0.2, 0.25) is 0 Å². The number of halogens is 1. The highest BCUT2D eigenvalue weighted by Gasteiger charge is 2.36. The lowest BCUT2D eigenvalue weighted by molar-refractivity contribution is 0.0670. The largest absolute Gasteiger partial charge is 0.361 e. The Morgan fingerprint density at radius 1 is 1.29 bits per heavy atom. The third-order valence-corrected chi connectivity index (χ3v) is 4.95. The van der Waals surface area contributed by atoms with Crippen LogP contribution in [0.25, 0.3) is 0 Å². The van der Waals surface area contributed by atoms with Gasteiger partial charge in [0, 0.05) is 12.1 Å². The van der Waals surface area contributed by atoms with Crippen molar-refractivity contribution in [1.82, 2.24) is 10.1 Å². The van der Waals surface area contributed by atoms with E-state index in [1.165, 1.54) is 12.1 Å². The Morgan fingerprint density at radius 3 is 2.62 bits per heavy atom. The van der Waals surface area contributed by atoms with E-state index in [0.717, 1.165) is 31.2 Å². The van der Waals surface area contributed by atoms with Gasteiger partial charge in [-0.05, 0) is 64.2 Å². The van der Waals surface area contributed by atoms with Crippen LogP contribution in [-0.4, -0.2) is 28.0 Å². The molecule has 1 aliphatic heterocycles. The molecular formula is C19H23FN2O2. The topological polar surface area (TPSA) is 46.3 Å². The van der Waals surface area contributed by atoms with Crippen LogP contribution < -0.4 is 0 Å². The van der Waals surface area contributed by atoms with Gasteiger partial charge in [0.05, 0.1) is 5.69 Å². The molecular weight excluding hydrogens is 307 g/mol. The summed E-state index contributed by atoms with van der Waals surface area (Å²) in [7, 11) is 0. The fraction of sp³-hybridized carbons (Fsp3) is 0.474. The van der Waals surface area contributed by atoms with Gasteiger partial charge >= 0.3 is 0 Å². The quantitative estimate of drug-likeness (QED) is 0.849. The lowest BCUT2D eigenvalue weighted by Gasteiger charge is -2.28. The molecule has 0 unspecified atom stereocenters. The van der Waals surface area contributed by atoms with Crippen LogP contribution in [0.3, 0.4) is 0 Å². The van der Waals surface area contributed by atoms with Crippen LogP contribution in [-0.2, 0) is 6.42 Å². The van der Waals surface area contributed by atoms with E-state index < -0.39 is 0 Å². The second-order valence-electron chi connectivity index (χ2n) is 6.66. The van der Waals surface area contributed by atoms with Crippen LogP contribution in [0.4, 0.5) is 4.39 Å². The Balaban J connectivity index is 1.73. The summed E-state index contributed by atoms with van der Waals surface area (Å²) in [5.74, 6) is 0.373. The highest BCUT2D eigenvalue weighted by Crippen LogP contribution is 2.30. The van der Waals surface area contributed by atoms with Gasteiger partial charge in [-0.1, -0.05) is 17.3 Å². The summed E-state index contributed by atoms with van der Waals surface area (Å²) in [6, 6.07) is 7.01. The number of hydrogen-bond acceptors (Lipinski definition) is 3. The molecule has 2 heterocycles. The Morgan fingerprint density at radius 2 is 2.00 bits per heavy atom. The first-order valence-electron chi connectivity index (χ1n) is 8.47. The number of rotatable bonds is 4. The van der Waals surface area contributed by atoms with E-state index in [2.05, 4.69) is 12.1 Å². The second-order valence-corrected chi connectivity index (χ2v) is 6.66. The van der Waals surface area contributed by atoms with Crippen LogP contribution in [0.5, 0.6) is 0 Å². The molecule has 0 saturated carbocycles. The molecule has 1 aromatic carbocycles. The Bertz CT molecular complexity index is 704. The summed E-state index contributed by atoms with van der Waals surface area (Å²) in [6.45, 7) is 5.67. The number of hydrogen-bond donors (Lipinski definition) is 0. The molecule has 2 aromatic rings. The van der Waals surface area contributed by atoms with Crippen molar-refractivity contribution >= 4 is 5.91 Å². The van der Waals surface area contributed by atoms with Gasteiger partial charge in [-0.3, -0.25) is 4.79 Å². The number of aryl methyl sites for hydroxylation is 3. The van der Waals surface area contributed by atoms with Crippen LogP contribution >= 0.6 is 0 Å². The first-order valence-corrected chi connectivity index (χ1v) is 8.47. The van der Waals surface area contributed by atoms with Gasteiger partial charge in [0.1, 0.15) is 17.1 Å². The van der Waals surface area contributed by atoms with Crippen LogP contribution in [0.2, 0.25) is 0 Å². The molecule has 24 heavy (non-hydrogen) atoms. The van der Waals surface area contributed by atoms with E-state index >= 15 is 0 Å². The predicted molar refractivity (Wildman–Crippen MR) is 89.4 cm³/mol. The van der Waals surface area contributed by atoms with Crippen molar-refractivity contribution in [3.05, 3.63) is 52.7 Å². The molecule has 1 saturated heterocycles. The molecule has 0 bridgehead atoms. The third kappa shape index (κ3) is 3.21. The summed E-state index contributed by atoms with van der Waals surface area (Å²) in [5.41, 5.74) is 2.34. The lowest BCUT2D eigenvalue weighted by Crippen LogP contribution is -2.40. The van der Waals surface area contributed by atoms with Crippen molar-refractivity contribution in [2.24, 2.45) is 0 Å². The number of likely N-dealkylation sites (tertiary alicyclic amines) is 1. The Hall–Kier alpha value is -2.17. The number of carbonyl (C=O) groups excluding carboxylic acids is 1. The number of amides is 1. The maximum atomic E-state index is 13.0. The van der Waals surface area contributed by atoms with E-state index in [0.29, 0.717) is 17.0 Å². The number of carbonyl (C=O) groups is 1. The van der Waals surface area contributed by atoms with Crippen molar-refractivity contribution in [1.29, 1.82) is 0 Å². The van der Waals surface area contributed by atoms with Crippen LogP contribution in [0.1, 0.15) is 53.6 Å². The Kier molecular flexibility index (Phi) is 4.69. The molecule has 1 aromatic heterocycles. The Labute approximate surface area is 141 Å². The van der Waals surface area contributed by atoms with Crippen LogP contribution in [0.15, 0.2) is 28.8 Å². The number of nitrogens with zero attached hydrogens (tertiary/aromatic N) is 2. The molecule has 1 amide bonds. The summed E-state index contributed by atoms with van der Waals surface area (Å²) in [6.07, 6.45) is 3.72. The van der Waals surface area contributed by atoms with Crippen molar-refractivity contribution in [3.8, 4) is 0 Å². The smallest absolute Gasteiger partial charge is 0.259 e. The molecule has 0 aliphatic carbocycles. The zero-order valence-corrected chi connectivity index (χ0v) is 14.4. The van der Waals surface area contributed by atoms with E-state index in [4.69, 9.17) is 4.52 Å². The highest BCUT2D eigenvalue weighted by atomic mass is 19.1. The monoisotopic (exact) mass is 330 g/mol. The number of benzene rings is 1. The predicted octanol–water partition coefficient (Wildman–Crippen LogP) is 4.06. The summed E-state index contributed by atoms with van der Waals surface area (Å²) in [5, 5.41) is 3.90. The van der Waals surface area contributed by atoms with Crippen molar-refractivity contribution in [3.63, 3.8) is 0 Å². The maximum absolute atomic E-state index is 13.0. The van der Waals surface area contributed by atoms with E-state index in [1.807, 2.05) is 17.0 Å². The zero-order valence-electron chi connectivity index (χ0n) is 14.4. The minimum absolute atomic E-state index is 0.0142. The second kappa shape index (κ2) is 6.75. The molecule has 0 radical (unpaired) electrons.